The van der Waals surface area contributed by atoms with Gasteiger partial charge in [0.2, 0.25) is 11.8 Å². The van der Waals surface area contributed by atoms with Crippen LogP contribution in [0.2, 0.25) is 0 Å². The Labute approximate surface area is 122 Å². The minimum absolute atomic E-state index is 0.00231. The molecule has 1 heterocycles. The zero-order valence-corrected chi connectivity index (χ0v) is 12.3. The normalized spacial score (nSPS) is 12.4. The van der Waals surface area contributed by atoms with Gasteiger partial charge < -0.3 is 9.73 Å². The molecule has 2 rings (SSSR count). The van der Waals surface area contributed by atoms with Crippen LogP contribution in [0.15, 0.2) is 28.7 Å². The average molecular weight is 291 g/mol. The van der Waals surface area contributed by atoms with Crippen molar-refractivity contribution in [3.63, 3.8) is 0 Å². The maximum Gasteiger partial charge on any atom is 0.254 e. The van der Waals surface area contributed by atoms with E-state index in [1.165, 1.54) is 12.1 Å². The molecule has 5 nitrogen and oxygen atoms in total. The SMILES string of the molecule is Cc1nnc(C(CC(C)C)NC(=O)c2ccccc2F)o1. The second-order valence-corrected chi connectivity index (χ2v) is 5.29. The van der Waals surface area contributed by atoms with E-state index in [1.54, 1.807) is 19.1 Å². The van der Waals surface area contributed by atoms with Crippen molar-refractivity contribution in [3.05, 3.63) is 47.4 Å². The molecule has 0 radical (unpaired) electrons. The van der Waals surface area contributed by atoms with Crippen LogP contribution < -0.4 is 5.32 Å². The molecule has 0 aliphatic carbocycles. The van der Waals surface area contributed by atoms with Gasteiger partial charge in [0.1, 0.15) is 11.9 Å². The number of halogens is 1. The van der Waals surface area contributed by atoms with Crippen molar-refractivity contribution in [2.24, 2.45) is 5.92 Å². The molecule has 0 saturated carbocycles. The Morgan fingerprint density at radius 1 is 1.33 bits per heavy atom. The van der Waals surface area contributed by atoms with Gasteiger partial charge in [-0.25, -0.2) is 4.39 Å². The van der Waals surface area contributed by atoms with Crippen molar-refractivity contribution in [3.8, 4) is 0 Å². The van der Waals surface area contributed by atoms with Gasteiger partial charge in [-0.05, 0) is 24.5 Å². The lowest BCUT2D eigenvalue weighted by molar-refractivity contribution is 0.0920. The lowest BCUT2D eigenvalue weighted by atomic mass is 10.0. The van der Waals surface area contributed by atoms with E-state index in [1.807, 2.05) is 13.8 Å². The van der Waals surface area contributed by atoms with Crippen LogP contribution in [0.3, 0.4) is 0 Å². The van der Waals surface area contributed by atoms with Crippen LogP contribution in [0.25, 0.3) is 0 Å². The summed E-state index contributed by atoms with van der Waals surface area (Å²) in [6.07, 6.45) is 0.627. The molecule has 1 aromatic carbocycles. The number of aromatic nitrogens is 2. The van der Waals surface area contributed by atoms with Gasteiger partial charge in [0.15, 0.2) is 0 Å². The van der Waals surface area contributed by atoms with Crippen molar-refractivity contribution >= 4 is 5.91 Å². The Morgan fingerprint density at radius 2 is 2.05 bits per heavy atom. The first-order valence-electron chi connectivity index (χ1n) is 6.82. The Bertz CT molecular complexity index is 625. The van der Waals surface area contributed by atoms with Gasteiger partial charge in [0.25, 0.3) is 5.91 Å². The minimum Gasteiger partial charge on any atom is -0.423 e. The van der Waals surface area contributed by atoms with E-state index in [0.717, 1.165) is 0 Å². The number of nitrogens with zero attached hydrogens (tertiary/aromatic N) is 2. The third-order valence-electron chi connectivity index (χ3n) is 2.97. The summed E-state index contributed by atoms with van der Waals surface area (Å²) in [7, 11) is 0. The number of hydrogen-bond donors (Lipinski definition) is 1. The number of benzene rings is 1. The molecule has 0 aliphatic rings. The van der Waals surface area contributed by atoms with Gasteiger partial charge in [-0.3, -0.25) is 4.79 Å². The maximum atomic E-state index is 13.6. The number of hydrogen-bond acceptors (Lipinski definition) is 4. The number of nitrogens with one attached hydrogen (secondary N) is 1. The molecule has 0 spiro atoms. The van der Waals surface area contributed by atoms with E-state index in [9.17, 15) is 9.18 Å². The fourth-order valence-corrected chi connectivity index (χ4v) is 2.03. The predicted octanol–water partition coefficient (Wildman–Crippen LogP) is 3.03. The number of carbonyl (C=O) groups excluding carboxylic acids is 1. The Balaban J connectivity index is 2.19. The summed E-state index contributed by atoms with van der Waals surface area (Å²) >= 11 is 0. The summed E-state index contributed by atoms with van der Waals surface area (Å²) in [5, 5.41) is 10.5. The van der Waals surface area contributed by atoms with E-state index in [2.05, 4.69) is 15.5 Å². The van der Waals surface area contributed by atoms with Gasteiger partial charge in [-0.1, -0.05) is 26.0 Å². The maximum absolute atomic E-state index is 13.6. The fourth-order valence-electron chi connectivity index (χ4n) is 2.03. The van der Waals surface area contributed by atoms with Crippen molar-refractivity contribution in [1.82, 2.24) is 15.5 Å². The van der Waals surface area contributed by atoms with E-state index < -0.39 is 17.8 Å². The summed E-state index contributed by atoms with van der Waals surface area (Å²) in [5.74, 6) is 0.0301. The Morgan fingerprint density at radius 3 is 2.62 bits per heavy atom. The van der Waals surface area contributed by atoms with E-state index in [-0.39, 0.29) is 5.56 Å². The van der Waals surface area contributed by atoms with E-state index in [0.29, 0.717) is 24.1 Å². The van der Waals surface area contributed by atoms with Crippen LogP contribution in [0, 0.1) is 18.7 Å². The summed E-state index contributed by atoms with van der Waals surface area (Å²) in [6, 6.07) is 5.42. The molecular weight excluding hydrogens is 273 g/mol. The van der Waals surface area contributed by atoms with Crippen LogP contribution in [0.1, 0.15) is 48.4 Å². The third kappa shape index (κ3) is 3.87. The second-order valence-electron chi connectivity index (χ2n) is 5.29. The number of rotatable bonds is 5. The van der Waals surface area contributed by atoms with E-state index in [4.69, 9.17) is 4.42 Å². The molecular formula is C15H18FN3O2. The lowest BCUT2D eigenvalue weighted by Gasteiger charge is -2.17. The van der Waals surface area contributed by atoms with Crippen LogP contribution in [-0.4, -0.2) is 16.1 Å². The first kappa shape index (κ1) is 15.2. The molecule has 2 aromatic rings. The molecule has 21 heavy (non-hydrogen) atoms. The molecule has 1 aromatic heterocycles. The molecule has 6 heteroatoms. The standard InChI is InChI=1S/C15H18FN3O2/c1-9(2)8-13(15-19-18-10(3)21-15)17-14(20)11-6-4-5-7-12(11)16/h4-7,9,13H,8H2,1-3H3,(H,17,20). The summed E-state index contributed by atoms with van der Waals surface area (Å²) in [4.78, 5) is 12.2. The Kier molecular flexibility index (Phi) is 4.67. The van der Waals surface area contributed by atoms with Crippen molar-refractivity contribution in [2.45, 2.75) is 33.2 Å². The minimum atomic E-state index is -0.556. The Hall–Kier alpha value is -2.24. The van der Waals surface area contributed by atoms with Gasteiger partial charge in [0.05, 0.1) is 5.56 Å². The van der Waals surface area contributed by atoms with Crippen molar-refractivity contribution in [1.29, 1.82) is 0 Å². The molecule has 0 fully saturated rings. The van der Waals surface area contributed by atoms with Gasteiger partial charge in [-0.2, -0.15) is 0 Å². The van der Waals surface area contributed by atoms with Crippen molar-refractivity contribution < 1.29 is 13.6 Å². The smallest absolute Gasteiger partial charge is 0.254 e. The van der Waals surface area contributed by atoms with Gasteiger partial charge in [-0.15, -0.1) is 10.2 Å². The van der Waals surface area contributed by atoms with Gasteiger partial charge in [0, 0.05) is 6.92 Å². The molecule has 1 N–H and O–H groups in total. The monoisotopic (exact) mass is 291 g/mol. The average Bonchev–Trinajstić information content (AvgIpc) is 2.84. The molecule has 0 aliphatic heterocycles. The third-order valence-corrected chi connectivity index (χ3v) is 2.97. The van der Waals surface area contributed by atoms with Crippen LogP contribution >= 0.6 is 0 Å². The largest absolute Gasteiger partial charge is 0.423 e. The zero-order chi connectivity index (χ0) is 15.4. The number of amides is 1. The summed E-state index contributed by atoms with van der Waals surface area (Å²) in [5.41, 5.74) is 0.00231. The summed E-state index contributed by atoms with van der Waals surface area (Å²) < 4.78 is 19.0. The zero-order valence-electron chi connectivity index (χ0n) is 12.3. The van der Waals surface area contributed by atoms with Crippen LogP contribution in [-0.2, 0) is 0 Å². The number of aryl methyl sites for hydroxylation is 1. The first-order chi connectivity index (χ1) is 9.97. The highest BCUT2D eigenvalue weighted by Crippen LogP contribution is 2.21. The highest BCUT2D eigenvalue weighted by atomic mass is 19.1. The topological polar surface area (TPSA) is 68.0 Å². The van der Waals surface area contributed by atoms with Gasteiger partial charge >= 0.3 is 0 Å². The highest BCUT2D eigenvalue weighted by Gasteiger charge is 2.23. The molecule has 0 bridgehead atoms. The fraction of sp³-hybridized carbons (Fsp3) is 0.400. The molecule has 0 saturated heterocycles. The molecule has 112 valence electrons. The quantitative estimate of drug-likeness (QED) is 0.919. The van der Waals surface area contributed by atoms with Crippen molar-refractivity contribution in [2.75, 3.05) is 0 Å². The summed E-state index contributed by atoms with van der Waals surface area (Å²) in [6.45, 7) is 5.72. The van der Waals surface area contributed by atoms with Crippen LogP contribution in [0.5, 0.6) is 0 Å². The number of carbonyl (C=O) groups is 1. The van der Waals surface area contributed by atoms with E-state index >= 15 is 0 Å². The molecule has 1 amide bonds. The lowest BCUT2D eigenvalue weighted by Crippen LogP contribution is -2.30. The second kappa shape index (κ2) is 6.47. The van der Waals surface area contributed by atoms with Crippen LogP contribution in [0.4, 0.5) is 4.39 Å². The first-order valence-corrected chi connectivity index (χ1v) is 6.82. The predicted molar refractivity (Wildman–Crippen MR) is 75.1 cm³/mol. The highest BCUT2D eigenvalue weighted by molar-refractivity contribution is 5.94. The molecule has 1 atom stereocenters. The molecule has 1 unspecified atom stereocenters.